The molecule has 22 heavy (non-hydrogen) atoms. The lowest BCUT2D eigenvalue weighted by molar-refractivity contribution is -0.120. The van der Waals surface area contributed by atoms with E-state index in [1.807, 2.05) is 0 Å². The Labute approximate surface area is 132 Å². The highest BCUT2D eigenvalue weighted by Gasteiger charge is 2.06. The van der Waals surface area contributed by atoms with Crippen LogP contribution in [0, 0.1) is 5.92 Å². The Kier molecular flexibility index (Phi) is 7.50. The standard InChI is InChI=1S/C15H25N3O3S/c1-12(2)7-9-17-11-15(19)18-10-8-13-3-5-14(6-4-13)22(16,20)21/h3-6,12,17H,7-11H2,1-2H3,(H,18,19)(H2,16,20,21). The molecule has 0 spiro atoms. The van der Waals surface area contributed by atoms with E-state index in [1.165, 1.54) is 12.1 Å². The first kappa shape index (κ1) is 18.6. The summed E-state index contributed by atoms with van der Waals surface area (Å²) in [5.41, 5.74) is 0.945. The van der Waals surface area contributed by atoms with Gasteiger partial charge in [-0.05, 0) is 43.0 Å². The molecular weight excluding hydrogens is 302 g/mol. The molecule has 4 N–H and O–H groups in total. The van der Waals surface area contributed by atoms with Gasteiger partial charge in [-0.15, -0.1) is 0 Å². The molecule has 0 saturated heterocycles. The number of rotatable bonds is 9. The van der Waals surface area contributed by atoms with Crippen molar-refractivity contribution in [3.63, 3.8) is 0 Å². The average Bonchev–Trinajstić information content (AvgIpc) is 2.43. The smallest absolute Gasteiger partial charge is 0.238 e. The molecule has 1 rings (SSSR count). The molecular formula is C15H25N3O3S. The first-order chi connectivity index (χ1) is 10.3. The predicted molar refractivity (Wildman–Crippen MR) is 86.9 cm³/mol. The molecule has 0 bridgehead atoms. The predicted octanol–water partition coefficient (Wildman–Crippen LogP) is 0.628. The molecule has 0 saturated carbocycles. The van der Waals surface area contributed by atoms with Crippen LogP contribution in [0.25, 0.3) is 0 Å². The molecule has 0 radical (unpaired) electrons. The first-order valence-electron chi connectivity index (χ1n) is 7.38. The minimum atomic E-state index is -3.65. The highest BCUT2D eigenvalue weighted by atomic mass is 32.2. The van der Waals surface area contributed by atoms with Gasteiger partial charge in [-0.25, -0.2) is 13.6 Å². The van der Waals surface area contributed by atoms with Crippen LogP contribution < -0.4 is 15.8 Å². The van der Waals surface area contributed by atoms with Gasteiger partial charge in [-0.1, -0.05) is 26.0 Å². The summed E-state index contributed by atoms with van der Waals surface area (Å²) < 4.78 is 22.3. The lowest BCUT2D eigenvalue weighted by Gasteiger charge is -2.08. The molecule has 0 atom stereocenters. The second-order valence-corrected chi connectivity index (χ2v) is 7.21. The zero-order chi connectivity index (χ0) is 16.6. The van der Waals surface area contributed by atoms with E-state index in [-0.39, 0.29) is 10.8 Å². The number of nitrogens with two attached hydrogens (primary N) is 1. The van der Waals surface area contributed by atoms with Crippen LogP contribution in [0.15, 0.2) is 29.2 Å². The second-order valence-electron chi connectivity index (χ2n) is 5.65. The molecule has 124 valence electrons. The zero-order valence-electron chi connectivity index (χ0n) is 13.1. The molecule has 0 heterocycles. The van der Waals surface area contributed by atoms with E-state index in [9.17, 15) is 13.2 Å². The third-order valence-corrected chi connectivity index (χ3v) is 4.10. The van der Waals surface area contributed by atoms with Crippen molar-refractivity contribution < 1.29 is 13.2 Å². The third kappa shape index (κ3) is 7.53. The van der Waals surface area contributed by atoms with Crippen LogP contribution in [0.1, 0.15) is 25.8 Å². The van der Waals surface area contributed by atoms with Gasteiger partial charge in [-0.2, -0.15) is 0 Å². The number of hydrogen-bond acceptors (Lipinski definition) is 4. The summed E-state index contributed by atoms with van der Waals surface area (Å²) in [6, 6.07) is 6.35. The summed E-state index contributed by atoms with van der Waals surface area (Å²) in [6.07, 6.45) is 1.69. The number of hydrogen-bond donors (Lipinski definition) is 3. The topological polar surface area (TPSA) is 101 Å². The molecule has 0 unspecified atom stereocenters. The highest BCUT2D eigenvalue weighted by Crippen LogP contribution is 2.08. The number of benzene rings is 1. The van der Waals surface area contributed by atoms with Gasteiger partial charge in [-0.3, -0.25) is 4.79 Å². The molecule has 0 aromatic heterocycles. The average molecular weight is 327 g/mol. The third-order valence-electron chi connectivity index (χ3n) is 3.17. The summed E-state index contributed by atoms with van der Waals surface area (Å²) in [7, 11) is -3.65. The van der Waals surface area contributed by atoms with Gasteiger partial charge in [0, 0.05) is 6.54 Å². The summed E-state index contributed by atoms with van der Waals surface area (Å²) in [6.45, 7) is 5.95. The fraction of sp³-hybridized carbons (Fsp3) is 0.533. The van der Waals surface area contributed by atoms with Gasteiger partial charge in [0.15, 0.2) is 0 Å². The molecule has 0 fully saturated rings. The molecule has 1 aromatic rings. The van der Waals surface area contributed by atoms with Crippen molar-refractivity contribution in [3.8, 4) is 0 Å². The van der Waals surface area contributed by atoms with Crippen molar-refractivity contribution >= 4 is 15.9 Å². The Hall–Kier alpha value is -1.44. The Morgan fingerprint density at radius 2 is 1.82 bits per heavy atom. The van der Waals surface area contributed by atoms with E-state index < -0.39 is 10.0 Å². The maximum Gasteiger partial charge on any atom is 0.238 e. The Morgan fingerprint density at radius 3 is 2.36 bits per heavy atom. The van der Waals surface area contributed by atoms with Gasteiger partial charge in [0.25, 0.3) is 0 Å². The molecule has 1 amide bonds. The summed E-state index contributed by atoms with van der Waals surface area (Å²) in [5, 5.41) is 10.9. The Balaban J connectivity index is 2.25. The van der Waals surface area contributed by atoms with Crippen molar-refractivity contribution in [3.05, 3.63) is 29.8 Å². The summed E-state index contributed by atoms with van der Waals surface area (Å²) in [4.78, 5) is 11.7. The van der Waals surface area contributed by atoms with Crippen LogP contribution in [-0.4, -0.2) is 34.0 Å². The SMILES string of the molecule is CC(C)CCNCC(=O)NCCc1ccc(S(N)(=O)=O)cc1. The Bertz CT molecular complexity index is 568. The van der Waals surface area contributed by atoms with Crippen LogP contribution in [0.4, 0.5) is 0 Å². The number of primary sulfonamides is 1. The van der Waals surface area contributed by atoms with Gasteiger partial charge in [0.1, 0.15) is 0 Å². The largest absolute Gasteiger partial charge is 0.355 e. The lowest BCUT2D eigenvalue weighted by atomic mass is 10.1. The van der Waals surface area contributed by atoms with Crippen molar-refractivity contribution in [1.29, 1.82) is 0 Å². The van der Waals surface area contributed by atoms with E-state index >= 15 is 0 Å². The number of carbonyl (C=O) groups is 1. The van der Waals surface area contributed by atoms with Crippen molar-refractivity contribution in [2.24, 2.45) is 11.1 Å². The van der Waals surface area contributed by atoms with E-state index in [2.05, 4.69) is 24.5 Å². The van der Waals surface area contributed by atoms with Crippen molar-refractivity contribution in [2.45, 2.75) is 31.6 Å². The quantitative estimate of drug-likeness (QED) is 0.579. The highest BCUT2D eigenvalue weighted by molar-refractivity contribution is 7.89. The van der Waals surface area contributed by atoms with E-state index in [0.29, 0.717) is 25.4 Å². The van der Waals surface area contributed by atoms with Crippen molar-refractivity contribution in [1.82, 2.24) is 10.6 Å². The van der Waals surface area contributed by atoms with Crippen LogP contribution >= 0.6 is 0 Å². The Morgan fingerprint density at radius 1 is 1.18 bits per heavy atom. The fourth-order valence-electron chi connectivity index (χ4n) is 1.85. The van der Waals surface area contributed by atoms with E-state index in [1.54, 1.807) is 12.1 Å². The van der Waals surface area contributed by atoms with Gasteiger partial charge < -0.3 is 10.6 Å². The second kappa shape index (κ2) is 8.87. The number of amides is 1. The van der Waals surface area contributed by atoms with Gasteiger partial charge in [0.2, 0.25) is 15.9 Å². The lowest BCUT2D eigenvalue weighted by Crippen LogP contribution is -2.35. The number of sulfonamides is 1. The monoisotopic (exact) mass is 327 g/mol. The van der Waals surface area contributed by atoms with Crippen LogP contribution in [0.2, 0.25) is 0 Å². The molecule has 7 heteroatoms. The maximum absolute atomic E-state index is 11.6. The van der Waals surface area contributed by atoms with Crippen molar-refractivity contribution in [2.75, 3.05) is 19.6 Å². The summed E-state index contributed by atoms with van der Waals surface area (Å²) >= 11 is 0. The molecule has 6 nitrogen and oxygen atoms in total. The fourth-order valence-corrected chi connectivity index (χ4v) is 2.36. The number of nitrogens with one attached hydrogen (secondary N) is 2. The van der Waals surface area contributed by atoms with E-state index in [4.69, 9.17) is 5.14 Å². The molecule has 0 aliphatic carbocycles. The normalized spacial score (nSPS) is 11.6. The van der Waals surface area contributed by atoms with Crippen LogP contribution in [0.3, 0.4) is 0 Å². The minimum absolute atomic E-state index is 0.0371. The molecule has 0 aliphatic rings. The zero-order valence-corrected chi connectivity index (χ0v) is 13.9. The molecule has 1 aromatic carbocycles. The number of carbonyl (C=O) groups excluding carboxylic acids is 1. The maximum atomic E-state index is 11.6. The van der Waals surface area contributed by atoms with Gasteiger partial charge in [0.05, 0.1) is 11.4 Å². The van der Waals surface area contributed by atoms with Crippen LogP contribution in [0.5, 0.6) is 0 Å². The summed E-state index contributed by atoms with van der Waals surface area (Å²) in [5.74, 6) is 0.584. The minimum Gasteiger partial charge on any atom is -0.355 e. The molecule has 0 aliphatic heterocycles. The van der Waals surface area contributed by atoms with E-state index in [0.717, 1.165) is 18.5 Å². The van der Waals surface area contributed by atoms with Crippen LogP contribution in [-0.2, 0) is 21.2 Å². The van der Waals surface area contributed by atoms with Gasteiger partial charge >= 0.3 is 0 Å². The first-order valence-corrected chi connectivity index (χ1v) is 8.93.